The predicted octanol–water partition coefficient (Wildman–Crippen LogP) is 2.92. The van der Waals surface area contributed by atoms with Crippen molar-refractivity contribution in [1.82, 2.24) is 19.5 Å². The van der Waals surface area contributed by atoms with Crippen LogP contribution in [0.25, 0.3) is 11.3 Å². The van der Waals surface area contributed by atoms with Crippen LogP contribution < -0.4 is 4.72 Å². The van der Waals surface area contributed by atoms with E-state index in [2.05, 4.69) is 14.8 Å². The molecular weight excluding hydrogens is 360 g/mol. The Morgan fingerprint density at radius 1 is 1.24 bits per heavy atom. The molecule has 0 spiro atoms. The highest BCUT2D eigenvalue weighted by molar-refractivity contribution is 7.89. The molecule has 1 aromatic carbocycles. The van der Waals surface area contributed by atoms with Gasteiger partial charge >= 0.3 is 0 Å². The van der Waals surface area contributed by atoms with Crippen molar-refractivity contribution in [3.05, 3.63) is 65.1 Å². The minimum absolute atomic E-state index is 0.117. The van der Waals surface area contributed by atoms with E-state index in [0.717, 1.165) is 11.1 Å². The molecule has 0 saturated heterocycles. The van der Waals surface area contributed by atoms with E-state index < -0.39 is 10.0 Å². The summed E-state index contributed by atoms with van der Waals surface area (Å²) >= 11 is 6.03. The molecule has 3 aromatic rings. The number of hydrogen-bond donors (Lipinski definition) is 1. The second kappa shape index (κ2) is 6.95. The molecule has 0 amide bonds. The molecule has 0 aliphatic carbocycles. The van der Waals surface area contributed by atoms with E-state index >= 15 is 0 Å². The summed E-state index contributed by atoms with van der Waals surface area (Å²) in [5.74, 6) is 0. The van der Waals surface area contributed by atoms with Gasteiger partial charge in [-0.25, -0.2) is 13.1 Å². The first-order valence-corrected chi connectivity index (χ1v) is 9.42. The Kier molecular flexibility index (Phi) is 4.89. The van der Waals surface area contributed by atoms with Crippen LogP contribution in [0.2, 0.25) is 5.02 Å². The van der Waals surface area contributed by atoms with E-state index in [1.54, 1.807) is 42.2 Å². The lowest BCUT2D eigenvalue weighted by Crippen LogP contribution is -2.24. The number of rotatable bonds is 5. The molecule has 25 heavy (non-hydrogen) atoms. The number of nitrogens with one attached hydrogen (secondary N) is 1. The summed E-state index contributed by atoms with van der Waals surface area (Å²) in [7, 11) is -1.87. The highest BCUT2D eigenvalue weighted by Crippen LogP contribution is 2.24. The Hall–Kier alpha value is -2.22. The molecule has 0 atom stereocenters. The van der Waals surface area contributed by atoms with Gasteiger partial charge in [-0.1, -0.05) is 23.7 Å². The largest absolute Gasteiger partial charge is 0.275 e. The first-order valence-electron chi connectivity index (χ1n) is 7.56. The van der Waals surface area contributed by atoms with Gasteiger partial charge < -0.3 is 0 Å². The Morgan fingerprint density at radius 3 is 2.76 bits per heavy atom. The van der Waals surface area contributed by atoms with Crippen LogP contribution >= 0.6 is 11.6 Å². The van der Waals surface area contributed by atoms with Crippen molar-refractivity contribution in [2.45, 2.75) is 18.4 Å². The number of sulfonamides is 1. The van der Waals surface area contributed by atoms with Gasteiger partial charge in [-0.2, -0.15) is 5.10 Å². The molecule has 0 aliphatic rings. The first-order chi connectivity index (χ1) is 11.9. The lowest BCUT2D eigenvalue weighted by atomic mass is 10.1. The van der Waals surface area contributed by atoms with Crippen LogP contribution in [0.15, 0.2) is 53.8 Å². The lowest BCUT2D eigenvalue weighted by Gasteiger charge is -2.12. The normalized spacial score (nSPS) is 11.6. The summed E-state index contributed by atoms with van der Waals surface area (Å²) in [5, 5.41) is 4.55. The summed E-state index contributed by atoms with van der Waals surface area (Å²) in [5.41, 5.74) is 2.81. The Bertz CT molecular complexity index is 1010. The van der Waals surface area contributed by atoms with Crippen molar-refractivity contribution in [3.8, 4) is 11.3 Å². The average Bonchev–Trinajstić information content (AvgIpc) is 3.02. The molecule has 1 N–H and O–H groups in total. The minimum Gasteiger partial charge on any atom is -0.275 e. The van der Waals surface area contributed by atoms with Gasteiger partial charge in [0.25, 0.3) is 0 Å². The fraction of sp³-hybridized carbons (Fsp3) is 0.176. The van der Waals surface area contributed by atoms with Crippen molar-refractivity contribution in [1.29, 1.82) is 0 Å². The number of aromatic nitrogens is 3. The monoisotopic (exact) mass is 376 g/mol. The molecular formula is C17H17ClN4O2S. The second-order valence-electron chi connectivity index (χ2n) is 5.60. The van der Waals surface area contributed by atoms with Crippen LogP contribution in [0.1, 0.15) is 11.1 Å². The molecule has 3 rings (SSSR count). The standard InChI is InChI=1S/C17H17ClN4O2S/c1-12-15(18)6-3-7-16(12)25(23,24)21-10-13-5-4-8-19-17(13)14-9-20-22(2)11-14/h3-9,11,21H,10H2,1-2H3. The molecule has 6 nitrogen and oxygen atoms in total. The minimum atomic E-state index is -3.69. The molecule has 0 bridgehead atoms. The van der Waals surface area contributed by atoms with Crippen molar-refractivity contribution in [2.75, 3.05) is 0 Å². The number of nitrogens with zero attached hydrogens (tertiary/aromatic N) is 3. The zero-order valence-corrected chi connectivity index (χ0v) is 15.3. The highest BCUT2D eigenvalue weighted by atomic mass is 35.5. The van der Waals surface area contributed by atoms with Crippen LogP contribution in [-0.4, -0.2) is 23.2 Å². The first kappa shape index (κ1) is 17.6. The third-order valence-corrected chi connectivity index (χ3v) is 5.78. The second-order valence-corrected chi connectivity index (χ2v) is 7.74. The Labute approximate surface area is 151 Å². The maximum Gasteiger partial charge on any atom is 0.241 e. The molecule has 2 aromatic heterocycles. The predicted molar refractivity (Wildman–Crippen MR) is 96.7 cm³/mol. The molecule has 0 unspecified atom stereocenters. The van der Waals surface area contributed by atoms with Gasteiger partial charge in [0.2, 0.25) is 10.0 Å². The number of halogens is 1. The van der Waals surface area contributed by atoms with E-state index in [1.807, 2.05) is 19.3 Å². The van der Waals surface area contributed by atoms with Crippen molar-refractivity contribution in [3.63, 3.8) is 0 Å². The van der Waals surface area contributed by atoms with E-state index in [9.17, 15) is 8.42 Å². The molecule has 0 aliphatic heterocycles. The summed E-state index contributed by atoms with van der Waals surface area (Å²) in [6.45, 7) is 1.80. The number of aryl methyl sites for hydroxylation is 1. The quantitative estimate of drug-likeness (QED) is 0.742. The summed E-state index contributed by atoms with van der Waals surface area (Å²) < 4.78 is 29.5. The smallest absolute Gasteiger partial charge is 0.241 e. The van der Waals surface area contributed by atoms with Gasteiger partial charge in [0, 0.05) is 36.6 Å². The van der Waals surface area contributed by atoms with Crippen LogP contribution in [0.4, 0.5) is 0 Å². The van der Waals surface area contributed by atoms with E-state index in [1.165, 1.54) is 6.07 Å². The Morgan fingerprint density at radius 2 is 2.04 bits per heavy atom. The van der Waals surface area contributed by atoms with Gasteiger partial charge in [-0.15, -0.1) is 0 Å². The van der Waals surface area contributed by atoms with Gasteiger partial charge in [0.1, 0.15) is 0 Å². The summed E-state index contributed by atoms with van der Waals surface area (Å²) in [6, 6.07) is 8.43. The third-order valence-electron chi connectivity index (χ3n) is 3.83. The van der Waals surface area contributed by atoms with Crippen LogP contribution in [0, 0.1) is 6.92 Å². The van der Waals surface area contributed by atoms with E-state index in [0.29, 0.717) is 16.3 Å². The fourth-order valence-electron chi connectivity index (χ4n) is 2.51. The number of pyridine rings is 1. The van der Waals surface area contributed by atoms with Gasteiger partial charge in [0.15, 0.2) is 0 Å². The molecule has 130 valence electrons. The molecule has 2 heterocycles. The molecule has 0 saturated carbocycles. The summed E-state index contributed by atoms with van der Waals surface area (Å²) in [6.07, 6.45) is 5.20. The summed E-state index contributed by atoms with van der Waals surface area (Å²) in [4.78, 5) is 4.53. The zero-order chi connectivity index (χ0) is 18.0. The number of benzene rings is 1. The van der Waals surface area contributed by atoms with E-state index in [4.69, 9.17) is 11.6 Å². The molecule has 0 fully saturated rings. The van der Waals surface area contributed by atoms with Crippen molar-refractivity contribution in [2.24, 2.45) is 7.05 Å². The fourth-order valence-corrected chi connectivity index (χ4v) is 4.02. The maximum absolute atomic E-state index is 12.6. The van der Waals surface area contributed by atoms with Gasteiger partial charge in [0.05, 0.1) is 16.8 Å². The average molecular weight is 377 g/mol. The van der Waals surface area contributed by atoms with Crippen LogP contribution in [-0.2, 0) is 23.6 Å². The van der Waals surface area contributed by atoms with Gasteiger partial charge in [-0.05, 0) is 36.2 Å². The van der Waals surface area contributed by atoms with Crippen molar-refractivity contribution >= 4 is 21.6 Å². The van der Waals surface area contributed by atoms with Crippen LogP contribution in [0.3, 0.4) is 0 Å². The lowest BCUT2D eigenvalue weighted by molar-refractivity contribution is 0.580. The highest BCUT2D eigenvalue weighted by Gasteiger charge is 2.19. The molecule has 8 heteroatoms. The van der Waals surface area contributed by atoms with E-state index in [-0.39, 0.29) is 11.4 Å². The third kappa shape index (κ3) is 3.73. The van der Waals surface area contributed by atoms with Crippen LogP contribution in [0.5, 0.6) is 0 Å². The maximum atomic E-state index is 12.6. The topological polar surface area (TPSA) is 76.9 Å². The molecule has 0 radical (unpaired) electrons. The van der Waals surface area contributed by atoms with Crippen molar-refractivity contribution < 1.29 is 8.42 Å². The number of hydrogen-bond acceptors (Lipinski definition) is 4. The van der Waals surface area contributed by atoms with Gasteiger partial charge in [-0.3, -0.25) is 9.67 Å². The zero-order valence-electron chi connectivity index (χ0n) is 13.8. The SMILES string of the molecule is Cc1c(Cl)cccc1S(=O)(=O)NCc1cccnc1-c1cnn(C)c1. The Balaban J connectivity index is 1.88.